The van der Waals surface area contributed by atoms with Crippen LogP contribution in [-0.4, -0.2) is 33.5 Å². The van der Waals surface area contributed by atoms with Crippen molar-refractivity contribution in [2.45, 2.75) is 25.7 Å². The monoisotopic (exact) mass is 279 g/mol. The molecular weight excluding hydrogens is 258 g/mol. The van der Waals surface area contributed by atoms with Crippen molar-refractivity contribution in [1.29, 1.82) is 0 Å². The summed E-state index contributed by atoms with van der Waals surface area (Å²) in [6.45, 7) is 2.76. The third kappa shape index (κ3) is 2.98. The van der Waals surface area contributed by atoms with Gasteiger partial charge in [-0.2, -0.15) is 0 Å². The molecule has 2 rings (SSSR count). The lowest BCUT2D eigenvalue weighted by atomic mass is 10.0. The number of fused-ring (bicyclic) bond motifs is 1. The Hall–Kier alpha value is -1.91. The van der Waals surface area contributed by atoms with Gasteiger partial charge in [0.25, 0.3) is 0 Å². The SMILES string of the molecule is CCOC(=O)NCC1CCc2cc(OC)c(OC)cc21. The van der Waals surface area contributed by atoms with E-state index in [0.29, 0.717) is 19.1 Å². The molecule has 0 saturated heterocycles. The highest BCUT2D eigenvalue weighted by Gasteiger charge is 2.25. The summed E-state index contributed by atoms with van der Waals surface area (Å²) < 4.78 is 15.5. The number of hydrogen-bond acceptors (Lipinski definition) is 4. The van der Waals surface area contributed by atoms with E-state index in [4.69, 9.17) is 14.2 Å². The number of benzene rings is 1. The summed E-state index contributed by atoms with van der Waals surface area (Å²) in [5.41, 5.74) is 2.48. The second-order valence-electron chi connectivity index (χ2n) is 4.74. The van der Waals surface area contributed by atoms with Crippen molar-refractivity contribution in [3.05, 3.63) is 23.3 Å². The van der Waals surface area contributed by atoms with Crippen LogP contribution < -0.4 is 14.8 Å². The molecular formula is C15H21NO4. The zero-order valence-electron chi connectivity index (χ0n) is 12.2. The first-order valence-electron chi connectivity index (χ1n) is 6.85. The predicted molar refractivity (Wildman–Crippen MR) is 75.6 cm³/mol. The number of aryl methyl sites for hydroxylation is 1. The summed E-state index contributed by atoms with van der Waals surface area (Å²) in [6, 6.07) is 4.04. The summed E-state index contributed by atoms with van der Waals surface area (Å²) in [5.74, 6) is 1.79. The van der Waals surface area contributed by atoms with Gasteiger partial charge in [0, 0.05) is 12.5 Å². The Bertz CT molecular complexity index is 487. The maximum Gasteiger partial charge on any atom is 0.407 e. The van der Waals surface area contributed by atoms with Crippen LogP contribution in [0.2, 0.25) is 0 Å². The second kappa shape index (κ2) is 6.50. The molecule has 5 heteroatoms. The van der Waals surface area contributed by atoms with E-state index in [1.807, 2.05) is 12.1 Å². The fraction of sp³-hybridized carbons (Fsp3) is 0.533. The lowest BCUT2D eigenvalue weighted by molar-refractivity contribution is 0.151. The van der Waals surface area contributed by atoms with Gasteiger partial charge in [0.2, 0.25) is 0 Å². The molecule has 20 heavy (non-hydrogen) atoms. The van der Waals surface area contributed by atoms with Crippen LogP contribution in [0.5, 0.6) is 11.5 Å². The van der Waals surface area contributed by atoms with Crippen molar-refractivity contribution < 1.29 is 19.0 Å². The van der Waals surface area contributed by atoms with Crippen molar-refractivity contribution in [1.82, 2.24) is 5.32 Å². The normalized spacial score (nSPS) is 16.4. The molecule has 0 heterocycles. The smallest absolute Gasteiger partial charge is 0.407 e. The minimum absolute atomic E-state index is 0.300. The Morgan fingerprint density at radius 3 is 2.65 bits per heavy atom. The molecule has 1 atom stereocenters. The van der Waals surface area contributed by atoms with E-state index in [0.717, 1.165) is 24.3 Å². The van der Waals surface area contributed by atoms with E-state index in [2.05, 4.69) is 5.32 Å². The van der Waals surface area contributed by atoms with Gasteiger partial charge >= 0.3 is 6.09 Å². The van der Waals surface area contributed by atoms with E-state index in [-0.39, 0.29) is 6.09 Å². The Balaban J connectivity index is 2.09. The first-order valence-corrected chi connectivity index (χ1v) is 6.85. The number of methoxy groups -OCH3 is 2. The van der Waals surface area contributed by atoms with Gasteiger partial charge in [-0.25, -0.2) is 4.79 Å². The van der Waals surface area contributed by atoms with Crippen LogP contribution >= 0.6 is 0 Å². The van der Waals surface area contributed by atoms with E-state index in [9.17, 15) is 4.79 Å². The lowest BCUT2D eigenvalue weighted by Crippen LogP contribution is -2.28. The van der Waals surface area contributed by atoms with Crippen molar-refractivity contribution in [3.8, 4) is 11.5 Å². The highest BCUT2D eigenvalue weighted by Crippen LogP contribution is 2.40. The van der Waals surface area contributed by atoms with Gasteiger partial charge in [0.05, 0.1) is 20.8 Å². The van der Waals surface area contributed by atoms with E-state index in [1.54, 1.807) is 21.1 Å². The lowest BCUT2D eigenvalue weighted by Gasteiger charge is -2.15. The molecule has 1 N–H and O–H groups in total. The van der Waals surface area contributed by atoms with Crippen LogP contribution in [0.4, 0.5) is 4.79 Å². The number of hydrogen-bond donors (Lipinski definition) is 1. The minimum atomic E-state index is -0.360. The van der Waals surface area contributed by atoms with Crippen LogP contribution in [-0.2, 0) is 11.2 Å². The number of carbonyl (C=O) groups is 1. The van der Waals surface area contributed by atoms with Crippen molar-refractivity contribution in [3.63, 3.8) is 0 Å². The molecule has 0 aromatic heterocycles. The molecule has 1 unspecified atom stereocenters. The van der Waals surface area contributed by atoms with Gasteiger partial charge in [-0.1, -0.05) is 0 Å². The average molecular weight is 279 g/mol. The Labute approximate surface area is 119 Å². The predicted octanol–water partition coefficient (Wildman–Crippen LogP) is 2.48. The third-order valence-electron chi connectivity index (χ3n) is 3.62. The second-order valence-corrected chi connectivity index (χ2v) is 4.74. The molecule has 110 valence electrons. The number of carbonyl (C=O) groups excluding carboxylic acids is 1. The van der Waals surface area contributed by atoms with Gasteiger partial charge in [-0.15, -0.1) is 0 Å². The standard InChI is InChI=1S/C15H21NO4/c1-4-20-15(17)16-9-11-6-5-10-7-13(18-2)14(19-3)8-12(10)11/h7-8,11H,4-6,9H2,1-3H3,(H,16,17). The quantitative estimate of drug-likeness (QED) is 0.899. The Kier molecular flexibility index (Phi) is 4.71. The van der Waals surface area contributed by atoms with E-state index in [1.165, 1.54) is 11.1 Å². The molecule has 1 amide bonds. The Morgan fingerprint density at radius 1 is 1.30 bits per heavy atom. The molecule has 0 saturated carbocycles. The molecule has 5 nitrogen and oxygen atoms in total. The summed E-state index contributed by atoms with van der Waals surface area (Å²) in [4.78, 5) is 11.4. The molecule has 1 aromatic rings. The highest BCUT2D eigenvalue weighted by atomic mass is 16.5. The molecule has 1 aromatic carbocycles. The molecule has 0 fully saturated rings. The maximum absolute atomic E-state index is 11.4. The number of rotatable bonds is 5. The molecule has 0 bridgehead atoms. The molecule has 1 aliphatic carbocycles. The summed E-state index contributed by atoms with van der Waals surface area (Å²) in [7, 11) is 3.27. The number of amides is 1. The van der Waals surface area contributed by atoms with Gasteiger partial charge in [0.15, 0.2) is 11.5 Å². The highest BCUT2D eigenvalue weighted by molar-refractivity contribution is 5.67. The van der Waals surface area contributed by atoms with Crippen LogP contribution in [0.3, 0.4) is 0 Å². The fourth-order valence-electron chi connectivity index (χ4n) is 2.62. The molecule has 0 aliphatic heterocycles. The topological polar surface area (TPSA) is 56.8 Å². The molecule has 1 aliphatic rings. The van der Waals surface area contributed by atoms with Gasteiger partial charge in [-0.05, 0) is 43.0 Å². The maximum atomic E-state index is 11.4. The van der Waals surface area contributed by atoms with Gasteiger partial charge in [-0.3, -0.25) is 0 Å². The largest absolute Gasteiger partial charge is 0.493 e. The van der Waals surface area contributed by atoms with E-state index < -0.39 is 0 Å². The molecule has 0 radical (unpaired) electrons. The van der Waals surface area contributed by atoms with Gasteiger partial charge < -0.3 is 19.5 Å². The third-order valence-corrected chi connectivity index (χ3v) is 3.62. The first kappa shape index (κ1) is 14.5. The summed E-state index contributed by atoms with van der Waals surface area (Å²) >= 11 is 0. The average Bonchev–Trinajstić information content (AvgIpc) is 2.86. The van der Waals surface area contributed by atoms with Crippen LogP contribution in [0.15, 0.2) is 12.1 Å². The van der Waals surface area contributed by atoms with Crippen LogP contribution in [0.25, 0.3) is 0 Å². The van der Waals surface area contributed by atoms with Crippen molar-refractivity contribution in [2.24, 2.45) is 0 Å². The zero-order valence-corrected chi connectivity index (χ0v) is 12.2. The zero-order chi connectivity index (χ0) is 14.5. The number of alkyl carbamates (subject to hydrolysis) is 1. The molecule has 0 spiro atoms. The van der Waals surface area contributed by atoms with Crippen molar-refractivity contribution >= 4 is 6.09 Å². The van der Waals surface area contributed by atoms with Gasteiger partial charge in [0.1, 0.15) is 0 Å². The minimum Gasteiger partial charge on any atom is -0.493 e. The summed E-state index contributed by atoms with van der Waals surface area (Å²) in [5, 5.41) is 2.80. The fourth-order valence-corrected chi connectivity index (χ4v) is 2.62. The number of ether oxygens (including phenoxy) is 3. The number of nitrogens with one attached hydrogen (secondary N) is 1. The van der Waals surface area contributed by atoms with Crippen LogP contribution in [0.1, 0.15) is 30.4 Å². The summed E-state index contributed by atoms with van der Waals surface area (Å²) in [6.07, 6.45) is 1.64. The Morgan fingerprint density at radius 2 is 2.00 bits per heavy atom. The first-order chi connectivity index (χ1) is 9.69. The van der Waals surface area contributed by atoms with Crippen molar-refractivity contribution in [2.75, 3.05) is 27.4 Å². The van der Waals surface area contributed by atoms with E-state index >= 15 is 0 Å². The van der Waals surface area contributed by atoms with Crippen LogP contribution in [0, 0.1) is 0 Å².